The summed E-state index contributed by atoms with van der Waals surface area (Å²) in [6.45, 7) is 8.36. The Morgan fingerprint density at radius 3 is 2.42 bits per heavy atom. The van der Waals surface area contributed by atoms with Crippen molar-refractivity contribution in [3.63, 3.8) is 0 Å². The van der Waals surface area contributed by atoms with Gasteiger partial charge in [-0.1, -0.05) is 19.8 Å². The summed E-state index contributed by atoms with van der Waals surface area (Å²) in [5, 5.41) is 0. The van der Waals surface area contributed by atoms with Gasteiger partial charge in [0.2, 0.25) is 0 Å². The minimum atomic E-state index is 0.501. The summed E-state index contributed by atoms with van der Waals surface area (Å²) in [6, 6.07) is 1.06. The van der Waals surface area contributed by atoms with Crippen molar-refractivity contribution < 1.29 is 4.74 Å². The van der Waals surface area contributed by atoms with E-state index in [1.54, 1.807) is 0 Å². The second-order valence-corrected chi connectivity index (χ2v) is 7.24. The summed E-state index contributed by atoms with van der Waals surface area (Å²) in [6.07, 6.45) is 8.63. The smallest absolute Gasteiger partial charge is 0.318 e. The fraction of sp³-hybridized carbons (Fsp3) is 0.789. The first-order chi connectivity index (χ1) is 11.7. The second kappa shape index (κ2) is 8.15. The molecule has 2 saturated heterocycles. The van der Waals surface area contributed by atoms with Crippen LogP contribution < -0.4 is 9.64 Å². The van der Waals surface area contributed by atoms with E-state index in [4.69, 9.17) is 9.72 Å². The third-order valence-electron chi connectivity index (χ3n) is 5.51. The lowest BCUT2D eigenvalue weighted by Crippen LogP contribution is -2.31. The molecule has 3 rings (SSSR count). The predicted octanol–water partition coefficient (Wildman–Crippen LogP) is 3.20. The Labute approximate surface area is 146 Å². The van der Waals surface area contributed by atoms with Gasteiger partial charge in [0, 0.05) is 30.4 Å². The van der Waals surface area contributed by atoms with Gasteiger partial charge in [0.1, 0.15) is 12.4 Å². The van der Waals surface area contributed by atoms with E-state index in [9.17, 15) is 0 Å². The van der Waals surface area contributed by atoms with Crippen molar-refractivity contribution in [2.45, 2.75) is 64.8 Å². The molecule has 3 heterocycles. The number of aromatic nitrogens is 2. The maximum Gasteiger partial charge on any atom is 0.318 e. The van der Waals surface area contributed by atoms with Gasteiger partial charge in [-0.25, -0.2) is 4.98 Å². The molecule has 5 nitrogen and oxygen atoms in total. The number of nitrogens with zero attached hydrogens (tertiary/aromatic N) is 4. The average molecular weight is 332 g/mol. The Balaban J connectivity index is 1.77. The fourth-order valence-corrected chi connectivity index (χ4v) is 3.94. The molecule has 0 amide bonds. The Morgan fingerprint density at radius 2 is 1.79 bits per heavy atom. The summed E-state index contributed by atoms with van der Waals surface area (Å²) in [7, 11) is 2.18. The van der Waals surface area contributed by atoms with Gasteiger partial charge in [0.05, 0.1) is 0 Å². The van der Waals surface area contributed by atoms with Crippen LogP contribution in [-0.2, 0) is 6.42 Å². The second-order valence-electron chi connectivity index (χ2n) is 7.24. The van der Waals surface area contributed by atoms with Crippen LogP contribution in [0.2, 0.25) is 0 Å². The lowest BCUT2D eigenvalue weighted by atomic mass is 10.1. The number of likely N-dealkylation sites (N-methyl/N-ethyl adjacent to an activating group) is 1. The van der Waals surface area contributed by atoms with Gasteiger partial charge >= 0.3 is 6.01 Å². The molecule has 24 heavy (non-hydrogen) atoms. The quantitative estimate of drug-likeness (QED) is 0.828. The summed E-state index contributed by atoms with van der Waals surface area (Å²) in [4.78, 5) is 14.3. The van der Waals surface area contributed by atoms with E-state index >= 15 is 0 Å². The van der Waals surface area contributed by atoms with E-state index in [1.807, 2.05) is 0 Å². The maximum absolute atomic E-state index is 6.01. The predicted molar refractivity (Wildman–Crippen MR) is 98.0 cm³/mol. The molecule has 2 fully saturated rings. The topological polar surface area (TPSA) is 41.5 Å². The van der Waals surface area contributed by atoms with Crippen LogP contribution in [0.25, 0.3) is 0 Å². The summed E-state index contributed by atoms with van der Waals surface area (Å²) >= 11 is 0. The van der Waals surface area contributed by atoms with Crippen LogP contribution in [0.4, 0.5) is 5.82 Å². The van der Waals surface area contributed by atoms with E-state index < -0.39 is 0 Å². The van der Waals surface area contributed by atoms with Gasteiger partial charge in [-0.05, 0) is 52.6 Å². The highest BCUT2D eigenvalue weighted by Gasteiger charge is 2.23. The molecule has 1 atom stereocenters. The third-order valence-corrected chi connectivity index (χ3v) is 5.51. The Morgan fingerprint density at radius 1 is 1.04 bits per heavy atom. The van der Waals surface area contributed by atoms with Crippen LogP contribution in [0.1, 0.15) is 56.7 Å². The molecule has 134 valence electrons. The summed E-state index contributed by atoms with van der Waals surface area (Å²) in [5.41, 5.74) is 2.35. The Kier molecular flexibility index (Phi) is 5.93. The largest absolute Gasteiger partial charge is 0.462 e. The van der Waals surface area contributed by atoms with E-state index in [-0.39, 0.29) is 0 Å². The fourth-order valence-electron chi connectivity index (χ4n) is 3.94. The van der Waals surface area contributed by atoms with Crippen LogP contribution in [0, 0.1) is 6.92 Å². The highest BCUT2D eigenvalue weighted by atomic mass is 16.5. The molecule has 2 aliphatic rings. The zero-order valence-corrected chi connectivity index (χ0v) is 15.6. The molecule has 0 aromatic carbocycles. The van der Waals surface area contributed by atoms with E-state index in [1.165, 1.54) is 50.6 Å². The van der Waals surface area contributed by atoms with Crippen LogP contribution in [0.15, 0.2) is 0 Å². The highest BCUT2D eigenvalue weighted by molar-refractivity contribution is 5.50. The van der Waals surface area contributed by atoms with Crippen LogP contribution in [0.5, 0.6) is 6.01 Å². The molecule has 0 spiro atoms. The zero-order valence-electron chi connectivity index (χ0n) is 15.6. The number of ether oxygens (including phenoxy) is 1. The van der Waals surface area contributed by atoms with Crippen LogP contribution >= 0.6 is 0 Å². The normalized spacial score (nSPS) is 22.6. The first kappa shape index (κ1) is 17.5. The van der Waals surface area contributed by atoms with Gasteiger partial charge in [0.15, 0.2) is 0 Å². The van der Waals surface area contributed by atoms with Gasteiger partial charge < -0.3 is 14.5 Å². The molecule has 5 heteroatoms. The van der Waals surface area contributed by atoms with E-state index in [2.05, 4.69) is 35.7 Å². The molecule has 2 aliphatic heterocycles. The van der Waals surface area contributed by atoms with E-state index in [0.29, 0.717) is 18.7 Å². The molecule has 0 N–H and O–H groups in total. The Bertz CT molecular complexity index is 540. The molecular weight excluding hydrogens is 300 g/mol. The van der Waals surface area contributed by atoms with Gasteiger partial charge in [-0.15, -0.1) is 0 Å². The maximum atomic E-state index is 6.01. The van der Waals surface area contributed by atoms with Gasteiger partial charge in [0.25, 0.3) is 0 Å². The molecule has 0 radical (unpaired) electrons. The monoisotopic (exact) mass is 332 g/mol. The number of hydrogen-bond acceptors (Lipinski definition) is 5. The molecule has 1 aromatic rings. The van der Waals surface area contributed by atoms with Gasteiger partial charge in [-0.2, -0.15) is 4.98 Å². The van der Waals surface area contributed by atoms with Crippen molar-refractivity contribution in [3.8, 4) is 6.01 Å². The van der Waals surface area contributed by atoms with Crippen molar-refractivity contribution in [2.24, 2.45) is 0 Å². The first-order valence-corrected chi connectivity index (χ1v) is 9.64. The van der Waals surface area contributed by atoms with Crippen LogP contribution in [-0.4, -0.2) is 54.2 Å². The number of anilines is 1. The highest BCUT2D eigenvalue weighted by Crippen LogP contribution is 2.26. The standard InChI is InChI=1S/C19H32N4O/c1-4-17-15(2)20-19(24-14-16-10-9-11-22(16)3)21-18(17)23-12-7-5-6-8-13-23/h16H,4-14H2,1-3H3/t16-/m0/s1. The van der Waals surface area contributed by atoms with Crippen molar-refractivity contribution in [1.82, 2.24) is 14.9 Å². The summed E-state index contributed by atoms with van der Waals surface area (Å²) in [5.74, 6) is 1.11. The molecule has 1 aromatic heterocycles. The molecule has 0 unspecified atom stereocenters. The van der Waals surface area contributed by atoms with Gasteiger partial charge in [-0.3, -0.25) is 0 Å². The van der Waals surface area contributed by atoms with E-state index in [0.717, 1.165) is 31.0 Å². The zero-order chi connectivity index (χ0) is 16.9. The molecular formula is C19H32N4O. The minimum absolute atomic E-state index is 0.501. The van der Waals surface area contributed by atoms with Crippen molar-refractivity contribution in [3.05, 3.63) is 11.3 Å². The number of aryl methyl sites for hydroxylation is 1. The number of likely N-dealkylation sites (tertiary alicyclic amines) is 1. The van der Waals surface area contributed by atoms with Crippen molar-refractivity contribution in [1.29, 1.82) is 0 Å². The lowest BCUT2D eigenvalue weighted by molar-refractivity contribution is 0.187. The lowest BCUT2D eigenvalue weighted by Gasteiger charge is -2.25. The number of hydrogen-bond donors (Lipinski definition) is 0. The molecule has 0 aliphatic carbocycles. The summed E-state index contributed by atoms with van der Waals surface area (Å²) < 4.78 is 6.01. The molecule has 0 saturated carbocycles. The first-order valence-electron chi connectivity index (χ1n) is 9.64. The Hall–Kier alpha value is -1.36. The van der Waals surface area contributed by atoms with Crippen molar-refractivity contribution in [2.75, 3.05) is 38.2 Å². The SMILES string of the molecule is CCc1c(C)nc(OC[C@@H]2CCCN2C)nc1N1CCCCCC1. The minimum Gasteiger partial charge on any atom is -0.462 e. The van der Waals surface area contributed by atoms with Crippen LogP contribution in [0.3, 0.4) is 0 Å². The average Bonchev–Trinajstić information content (AvgIpc) is 2.82. The molecule has 0 bridgehead atoms. The third kappa shape index (κ3) is 4.00. The number of rotatable bonds is 5. The van der Waals surface area contributed by atoms with Crippen molar-refractivity contribution >= 4 is 5.82 Å².